The van der Waals surface area contributed by atoms with Crippen LogP contribution < -0.4 is 5.32 Å². The average Bonchev–Trinajstić information content (AvgIpc) is 3.06. The Hall–Kier alpha value is -2.31. The van der Waals surface area contributed by atoms with Crippen LogP contribution in [0.25, 0.3) is 11.5 Å². The van der Waals surface area contributed by atoms with Gasteiger partial charge in [-0.15, -0.1) is 11.8 Å². The zero-order chi connectivity index (χ0) is 17.6. The summed E-state index contributed by atoms with van der Waals surface area (Å²) in [6, 6.07) is 13.1. The third-order valence-corrected chi connectivity index (χ3v) is 4.55. The second-order valence-corrected chi connectivity index (χ2v) is 6.57. The zero-order valence-corrected chi connectivity index (χ0v) is 14.6. The summed E-state index contributed by atoms with van der Waals surface area (Å²) in [6.45, 7) is 0. The van der Waals surface area contributed by atoms with Crippen LogP contribution in [0.1, 0.15) is 5.69 Å². The van der Waals surface area contributed by atoms with Crippen molar-refractivity contribution < 1.29 is 13.6 Å². The number of aromatic nitrogens is 1. The first-order chi connectivity index (χ1) is 12.1. The number of anilines is 1. The predicted molar refractivity (Wildman–Crippen MR) is 98.1 cm³/mol. The Morgan fingerprint density at radius 3 is 2.88 bits per heavy atom. The van der Waals surface area contributed by atoms with Crippen LogP contribution in [0.15, 0.2) is 59.2 Å². The fourth-order valence-corrected chi connectivity index (χ4v) is 3.01. The number of rotatable bonds is 6. The lowest BCUT2D eigenvalue weighted by atomic mass is 10.2. The van der Waals surface area contributed by atoms with Crippen molar-refractivity contribution in [1.29, 1.82) is 0 Å². The number of nitrogens with zero attached hydrogens (tertiary/aromatic N) is 1. The van der Waals surface area contributed by atoms with Gasteiger partial charge < -0.3 is 9.73 Å². The molecule has 1 heterocycles. The maximum absolute atomic E-state index is 13.2. The van der Waals surface area contributed by atoms with Gasteiger partial charge in [0.15, 0.2) is 0 Å². The standard InChI is InChI=1S/C18H14ClFN2O2S/c19-15-6-1-2-7-16(15)22-17(23)11-25-10-14-9-24-18(21-14)12-4-3-5-13(20)8-12/h1-9H,10-11H2,(H,22,23). The maximum Gasteiger partial charge on any atom is 0.234 e. The van der Waals surface area contributed by atoms with Crippen molar-refractivity contribution in [3.63, 3.8) is 0 Å². The Kier molecular flexibility index (Phi) is 5.73. The second kappa shape index (κ2) is 8.18. The van der Waals surface area contributed by atoms with E-state index in [2.05, 4.69) is 10.3 Å². The van der Waals surface area contributed by atoms with E-state index in [1.807, 2.05) is 0 Å². The highest BCUT2D eigenvalue weighted by Crippen LogP contribution is 2.23. The summed E-state index contributed by atoms with van der Waals surface area (Å²) in [5.41, 5.74) is 1.85. The van der Waals surface area contributed by atoms with E-state index in [1.54, 1.807) is 36.4 Å². The summed E-state index contributed by atoms with van der Waals surface area (Å²) < 4.78 is 18.6. The van der Waals surface area contributed by atoms with Crippen LogP contribution in [0.3, 0.4) is 0 Å². The van der Waals surface area contributed by atoms with Crippen LogP contribution in [0.2, 0.25) is 5.02 Å². The number of oxazole rings is 1. The number of hydrogen-bond acceptors (Lipinski definition) is 4. The van der Waals surface area contributed by atoms with Crippen molar-refractivity contribution in [3.05, 3.63) is 71.3 Å². The molecule has 7 heteroatoms. The lowest BCUT2D eigenvalue weighted by molar-refractivity contribution is -0.113. The van der Waals surface area contributed by atoms with Crippen molar-refractivity contribution in [2.75, 3.05) is 11.1 Å². The number of carbonyl (C=O) groups excluding carboxylic acids is 1. The van der Waals surface area contributed by atoms with E-state index in [1.165, 1.54) is 30.2 Å². The van der Waals surface area contributed by atoms with Gasteiger partial charge in [0, 0.05) is 11.3 Å². The van der Waals surface area contributed by atoms with Gasteiger partial charge >= 0.3 is 0 Å². The SMILES string of the molecule is O=C(CSCc1coc(-c2cccc(F)c2)n1)Nc1ccccc1Cl. The minimum Gasteiger partial charge on any atom is -0.444 e. The lowest BCUT2D eigenvalue weighted by Crippen LogP contribution is -2.14. The van der Waals surface area contributed by atoms with Gasteiger partial charge in [0.1, 0.15) is 12.1 Å². The minimum atomic E-state index is -0.345. The maximum atomic E-state index is 13.2. The lowest BCUT2D eigenvalue weighted by Gasteiger charge is -2.06. The number of benzene rings is 2. The van der Waals surface area contributed by atoms with Crippen LogP contribution >= 0.6 is 23.4 Å². The van der Waals surface area contributed by atoms with Gasteiger partial charge in [-0.2, -0.15) is 0 Å². The van der Waals surface area contributed by atoms with Gasteiger partial charge in [0.05, 0.1) is 22.2 Å². The highest BCUT2D eigenvalue weighted by atomic mass is 35.5. The molecule has 0 saturated heterocycles. The first-order valence-electron chi connectivity index (χ1n) is 7.44. The normalized spacial score (nSPS) is 10.6. The van der Waals surface area contributed by atoms with Gasteiger partial charge in [-0.1, -0.05) is 29.8 Å². The number of hydrogen-bond donors (Lipinski definition) is 1. The topological polar surface area (TPSA) is 55.1 Å². The van der Waals surface area contributed by atoms with E-state index in [-0.39, 0.29) is 17.5 Å². The number of para-hydroxylation sites is 1. The number of amides is 1. The van der Waals surface area contributed by atoms with Crippen LogP contribution in [0.4, 0.5) is 10.1 Å². The summed E-state index contributed by atoms with van der Waals surface area (Å²) >= 11 is 7.40. The molecule has 0 unspecified atom stereocenters. The first kappa shape index (κ1) is 17.5. The fraction of sp³-hybridized carbons (Fsp3) is 0.111. The third kappa shape index (κ3) is 4.84. The molecule has 128 valence electrons. The smallest absolute Gasteiger partial charge is 0.234 e. The predicted octanol–water partition coefficient (Wildman–Crippen LogP) is 5.01. The fourth-order valence-electron chi connectivity index (χ4n) is 2.12. The molecule has 25 heavy (non-hydrogen) atoms. The van der Waals surface area contributed by atoms with E-state index in [0.29, 0.717) is 33.6 Å². The molecular formula is C18H14ClFN2O2S. The Morgan fingerprint density at radius 1 is 1.24 bits per heavy atom. The second-order valence-electron chi connectivity index (χ2n) is 5.18. The summed E-state index contributed by atoms with van der Waals surface area (Å²) in [5.74, 6) is 0.632. The first-order valence-corrected chi connectivity index (χ1v) is 8.97. The molecule has 0 bridgehead atoms. The van der Waals surface area contributed by atoms with Crippen molar-refractivity contribution in [3.8, 4) is 11.5 Å². The van der Waals surface area contributed by atoms with E-state index in [4.69, 9.17) is 16.0 Å². The molecule has 2 aromatic carbocycles. The molecule has 0 aliphatic heterocycles. The molecule has 4 nitrogen and oxygen atoms in total. The van der Waals surface area contributed by atoms with Crippen LogP contribution in [0.5, 0.6) is 0 Å². The number of halogens is 2. The van der Waals surface area contributed by atoms with E-state index in [0.717, 1.165) is 0 Å². The van der Waals surface area contributed by atoms with Gasteiger partial charge in [-0.25, -0.2) is 9.37 Å². The van der Waals surface area contributed by atoms with Crippen molar-refractivity contribution >= 4 is 35.0 Å². The molecule has 3 aromatic rings. The Bertz CT molecular complexity index is 885. The number of thioether (sulfide) groups is 1. The third-order valence-electron chi connectivity index (χ3n) is 3.25. The van der Waals surface area contributed by atoms with Crippen LogP contribution in [0, 0.1) is 5.82 Å². The highest BCUT2D eigenvalue weighted by Gasteiger charge is 2.09. The molecule has 3 rings (SSSR count). The van der Waals surface area contributed by atoms with E-state index >= 15 is 0 Å². The summed E-state index contributed by atoms with van der Waals surface area (Å²) in [5, 5.41) is 3.25. The molecule has 0 aliphatic rings. The van der Waals surface area contributed by atoms with Crippen molar-refractivity contribution in [2.24, 2.45) is 0 Å². The molecule has 0 aliphatic carbocycles. The van der Waals surface area contributed by atoms with Crippen molar-refractivity contribution in [2.45, 2.75) is 5.75 Å². The quantitative estimate of drug-likeness (QED) is 0.657. The van der Waals surface area contributed by atoms with E-state index < -0.39 is 0 Å². The molecule has 0 spiro atoms. The number of nitrogens with one attached hydrogen (secondary N) is 1. The monoisotopic (exact) mass is 376 g/mol. The molecular weight excluding hydrogens is 363 g/mol. The molecule has 0 atom stereocenters. The molecule has 1 aromatic heterocycles. The molecule has 0 saturated carbocycles. The van der Waals surface area contributed by atoms with Crippen LogP contribution in [-0.4, -0.2) is 16.6 Å². The summed E-state index contributed by atoms with van der Waals surface area (Å²) in [4.78, 5) is 16.3. The average molecular weight is 377 g/mol. The van der Waals surface area contributed by atoms with Gasteiger partial charge in [0.25, 0.3) is 0 Å². The summed E-state index contributed by atoms with van der Waals surface area (Å²) in [6.07, 6.45) is 1.51. The molecule has 0 radical (unpaired) electrons. The van der Waals surface area contributed by atoms with Gasteiger partial charge in [0.2, 0.25) is 11.8 Å². The Labute approximate surface area is 153 Å². The van der Waals surface area contributed by atoms with Gasteiger partial charge in [-0.3, -0.25) is 4.79 Å². The van der Waals surface area contributed by atoms with Crippen molar-refractivity contribution in [1.82, 2.24) is 4.98 Å². The minimum absolute atomic E-state index is 0.146. The molecule has 1 N–H and O–H groups in total. The van der Waals surface area contributed by atoms with Crippen LogP contribution in [-0.2, 0) is 10.5 Å². The molecule has 1 amide bonds. The Balaban J connectivity index is 1.51. The Morgan fingerprint density at radius 2 is 2.08 bits per heavy atom. The number of carbonyl (C=O) groups is 1. The van der Waals surface area contributed by atoms with Gasteiger partial charge in [-0.05, 0) is 30.3 Å². The van der Waals surface area contributed by atoms with E-state index in [9.17, 15) is 9.18 Å². The zero-order valence-electron chi connectivity index (χ0n) is 13.0. The summed E-state index contributed by atoms with van der Waals surface area (Å²) in [7, 11) is 0. The highest BCUT2D eigenvalue weighted by molar-refractivity contribution is 7.99. The molecule has 0 fully saturated rings. The largest absolute Gasteiger partial charge is 0.444 e.